The first-order valence-electron chi connectivity index (χ1n) is 6.14. The zero-order valence-electron chi connectivity index (χ0n) is 11.3. The summed E-state index contributed by atoms with van der Waals surface area (Å²) in [5.41, 5.74) is 1.79. The van der Waals surface area contributed by atoms with Gasteiger partial charge < -0.3 is 10.2 Å². The zero-order chi connectivity index (χ0) is 13.5. The fraction of sp³-hybridized carbons (Fsp3) is 0.538. The lowest BCUT2D eigenvalue weighted by molar-refractivity contribution is -0.384. The Hall–Kier alpha value is -1.62. The highest BCUT2D eigenvalue weighted by Crippen LogP contribution is 2.25. The van der Waals surface area contributed by atoms with Crippen molar-refractivity contribution in [1.82, 2.24) is 4.90 Å². The maximum Gasteiger partial charge on any atom is 0.292 e. The fourth-order valence-electron chi connectivity index (χ4n) is 1.73. The molecular weight excluding hydrogens is 230 g/mol. The van der Waals surface area contributed by atoms with Gasteiger partial charge in [0.2, 0.25) is 0 Å². The second-order valence-electron chi connectivity index (χ2n) is 4.71. The second kappa shape index (κ2) is 6.96. The molecule has 0 saturated heterocycles. The molecule has 1 N–H and O–H groups in total. The van der Waals surface area contributed by atoms with Gasteiger partial charge in [-0.25, -0.2) is 0 Å². The molecule has 0 amide bonds. The highest BCUT2D eigenvalue weighted by atomic mass is 16.6. The minimum absolute atomic E-state index is 0.146. The molecule has 0 aliphatic carbocycles. The van der Waals surface area contributed by atoms with Gasteiger partial charge in [0.25, 0.3) is 5.69 Å². The van der Waals surface area contributed by atoms with Crippen LogP contribution in [0.25, 0.3) is 0 Å². The molecule has 0 aliphatic heterocycles. The summed E-state index contributed by atoms with van der Waals surface area (Å²) in [5.74, 6) is 0. The standard InChI is InChI=1S/C13H21N3O2/c1-11-6-7-13(16(17)18)12(10-11)14-8-4-5-9-15(2)3/h6-7,10,14H,4-5,8-9H2,1-3H3. The summed E-state index contributed by atoms with van der Waals surface area (Å²) >= 11 is 0. The summed E-state index contributed by atoms with van der Waals surface area (Å²) in [5, 5.41) is 14.0. The van der Waals surface area contributed by atoms with E-state index in [1.807, 2.05) is 27.1 Å². The Morgan fingerprint density at radius 1 is 1.33 bits per heavy atom. The summed E-state index contributed by atoms with van der Waals surface area (Å²) in [6.07, 6.45) is 2.09. The van der Waals surface area contributed by atoms with Crippen LogP contribution in [0.5, 0.6) is 0 Å². The normalized spacial score (nSPS) is 10.7. The first kappa shape index (κ1) is 14.4. The molecule has 0 saturated carbocycles. The number of aryl methyl sites for hydroxylation is 1. The van der Waals surface area contributed by atoms with Crippen LogP contribution >= 0.6 is 0 Å². The van der Waals surface area contributed by atoms with Crippen LogP contribution < -0.4 is 5.32 Å². The van der Waals surface area contributed by atoms with Crippen molar-refractivity contribution in [2.24, 2.45) is 0 Å². The Kier molecular flexibility index (Phi) is 5.58. The first-order valence-corrected chi connectivity index (χ1v) is 6.14. The van der Waals surface area contributed by atoms with E-state index in [1.165, 1.54) is 0 Å². The predicted molar refractivity (Wildman–Crippen MR) is 74.1 cm³/mol. The third kappa shape index (κ3) is 4.71. The molecule has 0 aromatic heterocycles. The number of hydrogen-bond donors (Lipinski definition) is 1. The van der Waals surface area contributed by atoms with E-state index >= 15 is 0 Å². The van der Waals surface area contributed by atoms with Crippen molar-refractivity contribution >= 4 is 11.4 Å². The van der Waals surface area contributed by atoms with E-state index in [4.69, 9.17) is 0 Å². The van der Waals surface area contributed by atoms with Gasteiger partial charge in [-0.3, -0.25) is 10.1 Å². The average molecular weight is 251 g/mol. The molecule has 0 heterocycles. The van der Waals surface area contributed by atoms with E-state index < -0.39 is 0 Å². The minimum Gasteiger partial charge on any atom is -0.379 e. The zero-order valence-corrected chi connectivity index (χ0v) is 11.3. The van der Waals surface area contributed by atoms with Crippen molar-refractivity contribution in [3.63, 3.8) is 0 Å². The molecule has 0 spiro atoms. The van der Waals surface area contributed by atoms with Crippen molar-refractivity contribution < 1.29 is 4.92 Å². The number of unbranched alkanes of at least 4 members (excludes halogenated alkanes) is 1. The minimum atomic E-state index is -0.346. The van der Waals surface area contributed by atoms with Crippen molar-refractivity contribution in [3.8, 4) is 0 Å². The third-order valence-electron chi connectivity index (χ3n) is 2.70. The lowest BCUT2D eigenvalue weighted by Crippen LogP contribution is -2.14. The maximum atomic E-state index is 10.9. The summed E-state index contributed by atoms with van der Waals surface area (Å²) in [6, 6.07) is 5.14. The van der Waals surface area contributed by atoms with Crippen molar-refractivity contribution in [2.45, 2.75) is 19.8 Å². The molecule has 18 heavy (non-hydrogen) atoms. The highest BCUT2D eigenvalue weighted by molar-refractivity contribution is 5.62. The number of nitro groups is 1. The number of rotatable bonds is 7. The van der Waals surface area contributed by atoms with Crippen LogP contribution in [-0.2, 0) is 0 Å². The summed E-state index contributed by atoms with van der Waals surface area (Å²) in [4.78, 5) is 12.7. The largest absolute Gasteiger partial charge is 0.379 e. The quantitative estimate of drug-likeness (QED) is 0.460. The van der Waals surface area contributed by atoms with Crippen molar-refractivity contribution in [3.05, 3.63) is 33.9 Å². The highest BCUT2D eigenvalue weighted by Gasteiger charge is 2.12. The van der Waals surface area contributed by atoms with Crippen molar-refractivity contribution in [2.75, 3.05) is 32.5 Å². The molecule has 0 fully saturated rings. The summed E-state index contributed by atoms with van der Waals surface area (Å²) in [7, 11) is 4.08. The second-order valence-corrected chi connectivity index (χ2v) is 4.71. The predicted octanol–water partition coefficient (Wildman–Crippen LogP) is 2.66. The molecule has 1 aromatic carbocycles. The van der Waals surface area contributed by atoms with Gasteiger partial charge in [0.05, 0.1) is 4.92 Å². The molecule has 1 aromatic rings. The molecule has 0 atom stereocenters. The Morgan fingerprint density at radius 3 is 2.67 bits per heavy atom. The average Bonchev–Trinajstić information content (AvgIpc) is 2.27. The van der Waals surface area contributed by atoms with E-state index in [2.05, 4.69) is 10.2 Å². The van der Waals surface area contributed by atoms with Gasteiger partial charge >= 0.3 is 0 Å². The molecule has 0 radical (unpaired) electrons. The van der Waals surface area contributed by atoms with E-state index in [9.17, 15) is 10.1 Å². The van der Waals surface area contributed by atoms with E-state index in [1.54, 1.807) is 12.1 Å². The number of nitrogens with one attached hydrogen (secondary N) is 1. The van der Waals surface area contributed by atoms with Gasteiger partial charge in [-0.1, -0.05) is 6.07 Å². The smallest absolute Gasteiger partial charge is 0.292 e. The molecule has 1 rings (SSSR count). The van der Waals surface area contributed by atoms with Gasteiger partial charge in [0.15, 0.2) is 0 Å². The molecule has 0 bridgehead atoms. The third-order valence-corrected chi connectivity index (χ3v) is 2.70. The summed E-state index contributed by atoms with van der Waals surface area (Å²) in [6.45, 7) is 3.73. The molecule has 100 valence electrons. The molecule has 0 unspecified atom stereocenters. The van der Waals surface area contributed by atoms with Crippen LogP contribution in [0, 0.1) is 17.0 Å². The van der Waals surface area contributed by atoms with Gasteiger partial charge in [0, 0.05) is 12.6 Å². The van der Waals surface area contributed by atoms with Gasteiger partial charge in [-0.2, -0.15) is 0 Å². The summed E-state index contributed by atoms with van der Waals surface area (Å²) < 4.78 is 0. The Labute approximate surface area is 108 Å². The number of benzene rings is 1. The SMILES string of the molecule is Cc1ccc([N+](=O)[O-])c(NCCCCN(C)C)c1. The molecule has 5 heteroatoms. The fourth-order valence-corrected chi connectivity index (χ4v) is 1.73. The van der Waals surface area contributed by atoms with E-state index in [0.717, 1.165) is 31.5 Å². The monoisotopic (exact) mass is 251 g/mol. The topological polar surface area (TPSA) is 58.4 Å². The van der Waals surface area contributed by atoms with E-state index in [-0.39, 0.29) is 10.6 Å². The van der Waals surface area contributed by atoms with Crippen LogP contribution in [0.15, 0.2) is 18.2 Å². The number of hydrogen-bond acceptors (Lipinski definition) is 4. The molecular formula is C13H21N3O2. The number of anilines is 1. The van der Waals surface area contributed by atoms with Crippen LogP contribution in [0.4, 0.5) is 11.4 Å². The van der Waals surface area contributed by atoms with Gasteiger partial charge in [-0.05, 0) is 52.0 Å². The Bertz CT molecular complexity index is 405. The Morgan fingerprint density at radius 2 is 2.06 bits per heavy atom. The van der Waals surface area contributed by atoms with Crippen LogP contribution in [0.1, 0.15) is 18.4 Å². The lowest BCUT2D eigenvalue weighted by Gasteiger charge is -2.10. The van der Waals surface area contributed by atoms with Gasteiger partial charge in [0.1, 0.15) is 5.69 Å². The van der Waals surface area contributed by atoms with Crippen molar-refractivity contribution in [1.29, 1.82) is 0 Å². The number of nitro benzene ring substituents is 1. The van der Waals surface area contributed by atoms with E-state index in [0.29, 0.717) is 5.69 Å². The maximum absolute atomic E-state index is 10.9. The number of nitrogens with zero attached hydrogens (tertiary/aromatic N) is 2. The Balaban J connectivity index is 2.50. The first-order chi connectivity index (χ1) is 8.50. The van der Waals surface area contributed by atoms with Gasteiger partial charge in [-0.15, -0.1) is 0 Å². The molecule has 0 aliphatic rings. The molecule has 5 nitrogen and oxygen atoms in total. The van der Waals surface area contributed by atoms with Crippen LogP contribution in [-0.4, -0.2) is 37.0 Å². The lowest BCUT2D eigenvalue weighted by atomic mass is 10.2. The van der Waals surface area contributed by atoms with Crippen LogP contribution in [0.3, 0.4) is 0 Å². The van der Waals surface area contributed by atoms with Crippen LogP contribution in [0.2, 0.25) is 0 Å².